The van der Waals surface area contributed by atoms with Gasteiger partial charge in [0.2, 0.25) is 0 Å². The number of ether oxygens (including phenoxy) is 2. The number of carbonyl (C=O) groups excluding carboxylic acids is 2. The van der Waals surface area contributed by atoms with E-state index in [0.717, 1.165) is 70.6 Å². The number of esters is 2. The van der Waals surface area contributed by atoms with Crippen molar-refractivity contribution in [3.05, 3.63) is 24.3 Å². The first kappa shape index (κ1) is 57.3. The van der Waals surface area contributed by atoms with Crippen LogP contribution < -0.4 is 0 Å². The van der Waals surface area contributed by atoms with Crippen LogP contribution in [0.15, 0.2) is 24.3 Å². The Labute approximate surface area is 368 Å². The maximum Gasteiger partial charge on any atom is 0.472 e. The van der Waals surface area contributed by atoms with Crippen LogP contribution in [-0.2, 0) is 32.7 Å². The lowest BCUT2D eigenvalue weighted by molar-refractivity contribution is -0.220. The maximum absolute atomic E-state index is 12.8. The summed E-state index contributed by atoms with van der Waals surface area (Å²) in [4.78, 5) is 35.7. The van der Waals surface area contributed by atoms with E-state index >= 15 is 0 Å². The topological polar surface area (TPSA) is 210 Å². The highest BCUT2D eigenvalue weighted by Crippen LogP contribution is 2.47. The molecule has 0 aromatic carbocycles. The zero-order valence-electron chi connectivity index (χ0n) is 38.0. The number of phosphoric acid groups is 1. The van der Waals surface area contributed by atoms with Gasteiger partial charge in [0.1, 0.15) is 43.2 Å². The molecule has 0 heterocycles. The van der Waals surface area contributed by atoms with Crippen molar-refractivity contribution in [2.75, 3.05) is 13.2 Å². The van der Waals surface area contributed by atoms with Crippen molar-refractivity contribution in [3.8, 4) is 0 Å². The van der Waals surface area contributed by atoms with Crippen molar-refractivity contribution in [1.29, 1.82) is 0 Å². The fourth-order valence-corrected chi connectivity index (χ4v) is 8.35. The Bertz CT molecular complexity index is 1170. The molecule has 1 fully saturated rings. The zero-order chi connectivity index (χ0) is 45.0. The molecule has 0 bridgehead atoms. The van der Waals surface area contributed by atoms with Crippen molar-refractivity contribution in [2.45, 2.75) is 249 Å². The Hall–Kier alpha value is -1.67. The number of unbranched alkanes of at least 4 members (excludes halogenated alkanes) is 24. The molecule has 6 N–H and O–H groups in total. The summed E-state index contributed by atoms with van der Waals surface area (Å²) in [6.07, 6.45) is 27.9. The minimum Gasteiger partial charge on any atom is -0.462 e. The SMILES string of the molecule is CCCCCC/C=C\C/C=C\CCCCCCCCCC(=O)OC(COC(=O)CCCCCCCCCCCCCCCC)COP(=O)(O)OC1C(O)C(O)C(O)C(O)C1O. The van der Waals surface area contributed by atoms with E-state index in [9.17, 15) is 44.6 Å². The van der Waals surface area contributed by atoms with Crippen LogP contribution in [0.4, 0.5) is 0 Å². The highest BCUT2D eigenvalue weighted by molar-refractivity contribution is 7.47. The van der Waals surface area contributed by atoms with Crippen LogP contribution in [0.5, 0.6) is 0 Å². The molecule has 0 amide bonds. The summed E-state index contributed by atoms with van der Waals surface area (Å²) in [6, 6.07) is 0. The van der Waals surface area contributed by atoms with Gasteiger partial charge < -0.3 is 39.9 Å². The third kappa shape index (κ3) is 30.2. The Morgan fingerprint density at radius 2 is 0.885 bits per heavy atom. The minimum absolute atomic E-state index is 0.0906. The summed E-state index contributed by atoms with van der Waals surface area (Å²) >= 11 is 0. The third-order valence-electron chi connectivity index (χ3n) is 11.3. The quantitative estimate of drug-likeness (QED) is 0.0147. The monoisotopic (exact) mass is 891 g/mol. The maximum atomic E-state index is 12.8. The summed E-state index contributed by atoms with van der Waals surface area (Å²) in [7, 11) is -5.12. The first-order valence-corrected chi connectivity index (χ1v) is 25.6. The largest absolute Gasteiger partial charge is 0.472 e. The number of rotatable bonds is 40. The van der Waals surface area contributed by atoms with Crippen LogP contribution in [0.2, 0.25) is 0 Å². The predicted octanol–water partition coefficient (Wildman–Crippen LogP) is 9.62. The molecule has 0 radical (unpaired) electrons. The molecular weight excluding hydrogens is 803 g/mol. The number of aliphatic hydroxyl groups is 5. The molecule has 6 unspecified atom stereocenters. The normalized spacial score (nSPS) is 22.2. The molecule has 13 nitrogen and oxygen atoms in total. The Kier molecular flexibility index (Phi) is 35.4. The smallest absolute Gasteiger partial charge is 0.462 e. The van der Waals surface area contributed by atoms with Crippen molar-refractivity contribution < 1.29 is 63.1 Å². The lowest BCUT2D eigenvalue weighted by Crippen LogP contribution is -2.64. The van der Waals surface area contributed by atoms with Gasteiger partial charge in [0, 0.05) is 12.8 Å². The number of hydrogen-bond acceptors (Lipinski definition) is 12. The lowest BCUT2D eigenvalue weighted by atomic mass is 9.85. The minimum atomic E-state index is -5.12. The highest BCUT2D eigenvalue weighted by atomic mass is 31.2. The van der Waals surface area contributed by atoms with Crippen LogP contribution in [0, 0.1) is 0 Å². The fourth-order valence-electron chi connectivity index (χ4n) is 7.38. The molecule has 0 aromatic rings. The number of hydrogen-bond donors (Lipinski definition) is 6. The number of carbonyl (C=O) groups is 2. The van der Waals surface area contributed by atoms with Gasteiger partial charge in [-0.1, -0.05) is 173 Å². The van der Waals surface area contributed by atoms with Gasteiger partial charge in [-0.25, -0.2) is 4.57 Å². The molecule has 0 aromatic heterocycles. The molecule has 61 heavy (non-hydrogen) atoms. The van der Waals surface area contributed by atoms with Crippen molar-refractivity contribution >= 4 is 19.8 Å². The molecule has 0 spiro atoms. The van der Waals surface area contributed by atoms with Crippen LogP contribution in [0.1, 0.15) is 206 Å². The molecule has 0 saturated heterocycles. The van der Waals surface area contributed by atoms with Crippen molar-refractivity contribution in [3.63, 3.8) is 0 Å². The highest BCUT2D eigenvalue weighted by Gasteiger charge is 2.51. The summed E-state index contributed by atoms with van der Waals surface area (Å²) in [5.74, 6) is -1.10. The first-order chi connectivity index (χ1) is 29.4. The number of phosphoric ester groups is 1. The molecule has 14 heteroatoms. The first-order valence-electron chi connectivity index (χ1n) is 24.1. The van der Waals surface area contributed by atoms with E-state index in [0.29, 0.717) is 12.8 Å². The van der Waals surface area contributed by atoms with E-state index in [-0.39, 0.29) is 12.8 Å². The van der Waals surface area contributed by atoms with Crippen molar-refractivity contribution in [2.24, 2.45) is 0 Å². The standard InChI is InChI=1S/C47H87O13P/c1-3-5-7-9-11-13-15-17-19-20-21-22-24-26-28-30-32-34-36-41(49)59-39(38-58-61(55,56)60-47-45(53)43(51)42(50)44(52)46(47)54)37-57-40(48)35-33-31-29-27-25-23-18-16-14-12-10-8-6-4-2/h13,15,19-20,39,42-47,50-54H,3-12,14,16-18,21-38H2,1-2H3,(H,55,56)/b15-13-,20-19-. The second kappa shape index (κ2) is 37.7. The molecule has 0 aliphatic heterocycles. The van der Waals surface area contributed by atoms with Crippen molar-refractivity contribution in [1.82, 2.24) is 0 Å². The molecule has 358 valence electrons. The number of aliphatic hydroxyl groups excluding tert-OH is 5. The molecule has 1 saturated carbocycles. The van der Waals surface area contributed by atoms with Gasteiger partial charge in [0.05, 0.1) is 6.61 Å². The fraction of sp³-hybridized carbons (Fsp3) is 0.872. The van der Waals surface area contributed by atoms with E-state index in [4.69, 9.17) is 18.5 Å². The van der Waals surface area contributed by atoms with Gasteiger partial charge in [0.25, 0.3) is 0 Å². The zero-order valence-corrected chi connectivity index (χ0v) is 38.9. The van der Waals surface area contributed by atoms with Crippen LogP contribution in [0.3, 0.4) is 0 Å². The Morgan fingerprint density at radius 3 is 1.34 bits per heavy atom. The van der Waals surface area contributed by atoms with Gasteiger partial charge in [-0.3, -0.25) is 18.6 Å². The average molecular weight is 891 g/mol. The molecular formula is C47H87O13P. The van der Waals surface area contributed by atoms with Gasteiger partial charge in [-0.05, 0) is 44.9 Å². The second-order valence-electron chi connectivity index (χ2n) is 17.0. The summed E-state index contributed by atoms with van der Waals surface area (Å²) in [5.41, 5.74) is 0. The molecule has 1 rings (SSSR count). The van der Waals surface area contributed by atoms with E-state index in [1.807, 2.05) is 0 Å². The van der Waals surface area contributed by atoms with E-state index in [1.165, 1.54) is 96.3 Å². The van der Waals surface area contributed by atoms with Crippen LogP contribution in [-0.4, -0.2) is 98.3 Å². The third-order valence-corrected chi connectivity index (χ3v) is 12.3. The van der Waals surface area contributed by atoms with E-state index in [1.54, 1.807) is 0 Å². The van der Waals surface area contributed by atoms with E-state index < -0.39 is 75.7 Å². The molecule has 1 aliphatic rings. The second-order valence-corrected chi connectivity index (χ2v) is 18.4. The van der Waals surface area contributed by atoms with Gasteiger partial charge in [0.15, 0.2) is 6.10 Å². The van der Waals surface area contributed by atoms with Crippen LogP contribution in [0.25, 0.3) is 0 Å². The average Bonchev–Trinajstić information content (AvgIpc) is 3.24. The lowest BCUT2D eigenvalue weighted by Gasteiger charge is -2.41. The number of allylic oxidation sites excluding steroid dienone is 4. The predicted molar refractivity (Wildman–Crippen MR) is 240 cm³/mol. The Morgan fingerprint density at radius 1 is 0.508 bits per heavy atom. The van der Waals surface area contributed by atoms with Gasteiger partial charge in [-0.15, -0.1) is 0 Å². The summed E-state index contributed by atoms with van der Waals surface area (Å²) in [5, 5.41) is 50.2. The Balaban J connectivity index is 2.44. The van der Waals surface area contributed by atoms with Crippen LogP contribution >= 0.6 is 7.82 Å². The van der Waals surface area contributed by atoms with E-state index in [2.05, 4.69) is 38.2 Å². The van der Waals surface area contributed by atoms with Gasteiger partial charge in [-0.2, -0.15) is 0 Å². The molecule has 6 atom stereocenters. The molecule has 1 aliphatic carbocycles. The van der Waals surface area contributed by atoms with Gasteiger partial charge >= 0.3 is 19.8 Å². The summed E-state index contributed by atoms with van der Waals surface area (Å²) in [6.45, 7) is 3.29. The summed E-state index contributed by atoms with van der Waals surface area (Å²) < 4.78 is 33.6.